The number of hydrogen-bond acceptors (Lipinski definition) is 1. The third kappa shape index (κ3) is 2.65. The average molecular weight is 220 g/mol. The number of likely N-dealkylation sites (tertiary alicyclic amines) is 1. The molecule has 1 saturated heterocycles. The molecule has 2 rings (SSSR count). The molecule has 0 saturated carbocycles. The number of hydrogen-bond donors (Lipinski definition) is 0. The molecule has 1 aliphatic rings. The number of rotatable bonds is 3. The maximum Gasteiger partial charge on any atom is 0.222 e. The predicted molar refractivity (Wildman–Crippen MR) is 64.2 cm³/mol. The van der Waals surface area contributed by atoms with E-state index in [1.54, 1.807) is 0 Å². The highest BCUT2D eigenvalue weighted by Gasteiger charge is 2.16. The lowest BCUT2D eigenvalue weighted by atomic mass is 10.1. The van der Waals surface area contributed by atoms with Gasteiger partial charge in [-0.1, -0.05) is 0 Å². The summed E-state index contributed by atoms with van der Waals surface area (Å²) in [4.78, 5) is 13.9. The van der Waals surface area contributed by atoms with Crippen molar-refractivity contribution in [2.45, 2.75) is 32.1 Å². The minimum atomic E-state index is 0.320. The number of aryl methyl sites for hydroxylation is 2. The number of aromatic nitrogens is 1. The van der Waals surface area contributed by atoms with Crippen LogP contribution in [-0.2, 0) is 18.3 Å². The van der Waals surface area contributed by atoms with E-state index in [1.165, 1.54) is 25.0 Å². The van der Waals surface area contributed by atoms with Crippen molar-refractivity contribution in [1.82, 2.24) is 9.47 Å². The molecule has 1 aliphatic heterocycles. The number of carbonyl (C=O) groups is 1. The van der Waals surface area contributed by atoms with Crippen LogP contribution < -0.4 is 0 Å². The van der Waals surface area contributed by atoms with E-state index in [-0.39, 0.29) is 0 Å². The zero-order valence-electron chi connectivity index (χ0n) is 9.98. The molecule has 0 bridgehead atoms. The van der Waals surface area contributed by atoms with Gasteiger partial charge in [0, 0.05) is 38.4 Å². The van der Waals surface area contributed by atoms with Crippen LogP contribution in [0, 0.1) is 0 Å². The van der Waals surface area contributed by atoms with Crippen LogP contribution in [0.2, 0.25) is 0 Å². The standard InChI is InChI=1S/C13H20N2O/c1-14-9-5-6-12(14)7-8-13(16)15-10-3-2-4-11-15/h5-6,9H,2-4,7-8,10-11H2,1H3. The van der Waals surface area contributed by atoms with Crippen LogP contribution >= 0.6 is 0 Å². The van der Waals surface area contributed by atoms with Crippen LogP contribution in [0.1, 0.15) is 31.4 Å². The van der Waals surface area contributed by atoms with E-state index in [0.717, 1.165) is 19.5 Å². The van der Waals surface area contributed by atoms with Crippen LogP contribution in [0.15, 0.2) is 18.3 Å². The molecule has 1 amide bonds. The Labute approximate surface area is 97.1 Å². The fraction of sp³-hybridized carbons (Fsp3) is 0.615. The van der Waals surface area contributed by atoms with E-state index in [2.05, 4.69) is 10.6 Å². The van der Waals surface area contributed by atoms with Crippen molar-refractivity contribution in [2.24, 2.45) is 7.05 Å². The molecule has 2 heterocycles. The Kier molecular flexibility index (Phi) is 3.65. The van der Waals surface area contributed by atoms with E-state index in [0.29, 0.717) is 12.3 Å². The molecule has 1 aromatic heterocycles. The minimum Gasteiger partial charge on any atom is -0.354 e. The summed E-state index contributed by atoms with van der Waals surface area (Å²) in [5, 5.41) is 0. The van der Waals surface area contributed by atoms with Gasteiger partial charge in [0.2, 0.25) is 5.91 Å². The first-order chi connectivity index (χ1) is 7.77. The Bertz CT molecular complexity index is 351. The highest BCUT2D eigenvalue weighted by Crippen LogP contribution is 2.11. The van der Waals surface area contributed by atoms with Crippen LogP contribution in [0.4, 0.5) is 0 Å². The fourth-order valence-electron chi connectivity index (χ4n) is 2.29. The van der Waals surface area contributed by atoms with E-state index in [1.807, 2.05) is 24.2 Å². The van der Waals surface area contributed by atoms with Gasteiger partial charge >= 0.3 is 0 Å². The molecule has 0 radical (unpaired) electrons. The van der Waals surface area contributed by atoms with Gasteiger partial charge in [-0.2, -0.15) is 0 Å². The number of piperidine rings is 1. The molecule has 1 aromatic rings. The van der Waals surface area contributed by atoms with Crippen LogP contribution in [0.25, 0.3) is 0 Å². The highest BCUT2D eigenvalue weighted by molar-refractivity contribution is 5.76. The van der Waals surface area contributed by atoms with Gasteiger partial charge in [-0.15, -0.1) is 0 Å². The summed E-state index contributed by atoms with van der Waals surface area (Å²) in [5.74, 6) is 0.320. The molecule has 3 nitrogen and oxygen atoms in total. The second-order valence-corrected chi connectivity index (χ2v) is 4.55. The van der Waals surface area contributed by atoms with Gasteiger partial charge in [0.05, 0.1) is 0 Å². The summed E-state index contributed by atoms with van der Waals surface area (Å²) in [6.45, 7) is 1.93. The molecule has 0 spiro atoms. The second-order valence-electron chi connectivity index (χ2n) is 4.55. The van der Waals surface area contributed by atoms with Gasteiger partial charge in [-0.3, -0.25) is 4.79 Å². The Morgan fingerprint density at radius 2 is 2.06 bits per heavy atom. The molecule has 0 unspecified atom stereocenters. The lowest BCUT2D eigenvalue weighted by molar-refractivity contribution is -0.132. The molecule has 0 atom stereocenters. The molecular formula is C13H20N2O. The number of nitrogens with zero attached hydrogens (tertiary/aromatic N) is 2. The van der Waals surface area contributed by atoms with Crippen molar-refractivity contribution in [3.05, 3.63) is 24.0 Å². The second kappa shape index (κ2) is 5.19. The fourth-order valence-corrected chi connectivity index (χ4v) is 2.29. The normalized spacial score (nSPS) is 16.4. The maximum absolute atomic E-state index is 11.9. The van der Waals surface area contributed by atoms with E-state index in [4.69, 9.17) is 0 Å². The topological polar surface area (TPSA) is 25.2 Å². The van der Waals surface area contributed by atoms with Gasteiger partial charge < -0.3 is 9.47 Å². The molecule has 0 N–H and O–H groups in total. The van der Waals surface area contributed by atoms with Gasteiger partial charge in [0.25, 0.3) is 0 Å². The quantitative estimate of drug-likeness (QED) is 0.764. The molecule has 88 valence electrons. The molecule has 1 fully saturated rings. The average Bonchev–Trinajstić information content (AvgIpc) is 2.73. The Morgan fingerprint density at radius 1 is 1.31 bits per heavy atom. The van der Waals surface area contributed by atoms with Crippen molar-refractivity contribution >= 4 is 5.91 Å². The van der Waals surface area contributed by atoms with Gasteiger partial charge in [0.1, 0.15) is 0 Å². The SMILES string of the molecule is Cn1cccc1CCC(=O)N1CCCCC1. The predicted octanol–water partition coefficient (Wildman–Crippen LogP) is 1.97. The van der Waals surface area contributed by atoms with Crippen molar-refractivity contribution in [2.75, 3.05) is 13.1 Å². The largest absolute Gasteiger partial charge is 0.354 e. The monoisotopic (exact) mass is 220 g/mol. The summed E-state index contributed by atoms with van der Waals surface area (Å²) in [6, 6.07) is 4.12. The molecule has 0 aromatic carbocycles. The van der Waals surface area contributed by atoms with Crippen LogP contribution in [-0.4, -0.2) is 28.5 Å². The molecule has 0 aliphatic carbocycles. The smallest absolute Gasteiger partial charge is 0.222 e. The van der Waals surface area contributed by atoms with Crippen LogP contribution in [0.3, 0.4) is 0 Å². The van der Waals surface area contributed by atoms with E-state index in [9.17, 15) is 4.79 Å². The first kappa shape index (κ1) is 11.2. The van der Waals surface area contributed by atoms with Crippen molar-refractivity contribution in [1.29, 1.82) is 0 Å². The first-order valence-corrected chi connectivity index (χ1v) is 6.15. The van der Waals surface area contributed by atoms with Gasteiger partial charge in [-0.05, 0) is 37.8 Å². The summed E-state index contributed by atoms with van der Waals surface area (Å²) < 4.78 is 2.09. The van der Waals surface area contributed by atoms with Gasteiger partial charge in [0.15, 0.2) is 0 Å². The number of carbonyl (C=O) groups excluding carboxylic acids is 1. The van der Waals surface area contributed by atoms with E-state index < -0.39 is 0 Å². The van der Waals surface area contributed by atoms with Crippen LogP contribution in [0.5, 0.6) is 0 Å². The first-order valence-electron chi connectivity index (χ1n) is 6.15. The van der Waals surface area contributed by atoms with Crippen molar-refractivity contribution in [3.63, 3.8) is 0 Å². The third-order valence-electron chi connectivity index (χ3n) is 3.36. The summed E-state index contributed by atoms with van der Waals surface area (Å²) in [7, 11) is 2.03. The Balaban J connectivity index is 1.81. The van der Waals surface area contributed by atoms with Crippen molar-refractivity contribution < 1.29 is 4.79 Å². The van der Waals surface area contributed by atoms with E-state index >= 15 is 0 Å². The highest BCUT2D eigenvalue weighted by atomic mass is 16.2. The molecule has 3 heteroatoms. The summed E-state index contributed by atoms with van der Waals surface area (Å²) in [5.41, 5.74) is 1.24. The lowest BCUT2D eigenvalue weighted by Gasteiger charge is -2.26. The van der Waals surface area contributed by atoms with Gasteiger partial charge in [-0.25, -0.2) is 0 Å². The zero-order chi connectivity index (χ0) is 11.4. The molecule has 16 heavy (non-hydrogen) atoms. The minimum absolute atomic E-state index is 0.320. The molecular weight excluding hydrogens is 200 g/mol. The lowest BCUT2D eigenvalue weighted by Crippen LogP contribution is -2.35. The summed E-state index contributed by atoms with van der Waals surface area (Å²) in [6.07, 6.45) is 7.17. The summed E-state index contributed by atoms with van der Waals surface area (Å²) >= 11 is 0. The number of amides is 1. The third-order valence-corrected chi connectivity index (χ3v) is 3.36. The maximum atomic E-state index is 11.9. The Hall–Kier alpha value is -1.25. The zero-order valence-corrected chi connectivity index (χ0v) is 9.98. The van der Waals surface area contributed by atoms with Crippen molar-refractivity contribution in [3.8, 4) is 0 Å². The Morgan fingerprint density at radius 3 is 2.69 bits per heavy atom.